The Balaban J connectivity index is 0.00000288. The smallest absolute Gasteiger partial charge is 0.191 e. The quantitative estimate of drug-likeness (QED) is 0.235. The Kier molecular flexibility index (Phi) is 10.5. The second kappa shape index (κ2) is 11.5. The van der Waals surface area contributed by atoms with Gasteiger partial charge in [-0.1, -0.05) is 0 Å². The summed E-state index contributed by atoms with van der Waals surface area (Å²) in [4.78, 5) is 4.48. The second-order valence-corrected chi connectivity index (χ2v) is 8.30. The third-order valence-corrected chi connectivity index (χ3v) is 5.73. The molecule has 2 N–H and O–H groups in total. The first-order valence-corrected chi connectivity index (χ1v) is 10.4. The molecule has 0 bridgehead atoms. The highest BCUT2D eigenvalue weighted by Gasteiger charge is 2.28. The van der Waals surface area contributed by atoms with Gasteiger partial charge in [0.1, 0.15) is 0 Å². The number of halogens is 1. The fourth-order valence-corrected chi connectivity index (χ4v) is 4.44. The largest absolute Gasteiger partial charge is 0.379 e. The van der Waals surface area contributed by atoms with Crippen LogP contribution in [-0.4, -0.2) is 70.9 Å². The van der Waals surface area contributed by atoms with Gasteiger partial charge in [-0.05, 0) is 32.6 Å². The number of guanidine groups is 1. The maximum absolute atomic E-state index is 11.5. The predicted molar refractivity (Wildman–Crippen MR) is 106 cm³/mol. The van der Waals surface area contributed by atoms with Gasteiger partial charge < -0.3 is 20.1 Å². The van der Waals surface area contributed by atoms with E-state index in [0.29, 0.717) is 32.1 Å². The van der Waals surface area contributed by atoms with Crippen molar-refractivity contribution in [3.63, 3.8) is 0 Å². The van der Waals surface area contributed by atoms with Gasteiger partial charge in [-0.15, -0.1) is 24.0 Å². The highest BCUT2D eigenvalue weighted by molar-refractivity contribution is 14.0. The third-order valence-electron chi connectivity index (χ3n) is 3.96. The van der Waals surface area contributed by atoms with E-state index in [1.165, 1.54) is 0 Å². The fourth-order valence-electron chi connectivity index (χ4n) is 2.77. The number of rotatable bonds is 8. The Bertz CT molecular complexity index is 481. The van der Waals surface area contributed by atoms with Gasteiger partial charge in [-0.2, -0.15) is 0 Å². The molecule has 24 heavy (non-hydrogen) atoms. The van der Waals surface area contributed by atoms with Gasteiger partial charge in [0.25, 0.3) is 0 Å². The maximum atomic E-state index is 11.5. The molecule has 0 amide bonds. The summed E-state index contributed by atoms with van der Waals surface area (Å²) in [5.74, 6) is 1.15. The summed E-state index contributed by atoms with van der Waals surface area (Å²) in [5.41, 5.74) is 0. The van der Waals surface area contributed by atoms with Crippen LogP contribution in [0.1, 0.15) is 32.6 Å². The highest BCUT2D eigenvalue weighted by Crippen LogP contribution is 2.12. The van der Waals surface area contributed by atoms with Crippen molar-refractivity contribution in [3.05, 3.63) is 0 Å². The van der Waals surface area contributed by atoms with Crippen LogP contribution < -0.4 is 10.6 Å². The van der Waals surface area contributed by atoms with Gasteiger partial charge in [0.05, 0.1) is 24.2 Å². The Morgan fingerprint density at radius 1 is 1.38 bits per heavy atom. The van der Waals surface area contributed by atoms with Crippen molar-refractivity contribution in [2.45, 2.75) is 44.8 Å². The van der Waals surface area contributed by atoms with Gasteiger partial charge in [0, 0.05) is 32.3 Å². The summed E-state index contributed by atoms with van der Waals surface area (Å²) in [5, 5.41) is 6.36. The van der Waals surface area contributed by atoms with E-state index < -0.39 is 9.84 Å². The van der Waals surface area contributed by atoms with Crippen LogP contribution in [0.3, 0.4) is 0 Å². The molecule has 0 aromatic carbocycles. The number of hydrogen-bond donors (Lipinski definition) is 2. The number of sulfone groups is 1. The van der Waals surface area contributed by atoms with Crippen LogP contribution in [0.15, 0.2) is 4.99 Å². The lowest BCUT2D eigenvalue weighted by atomic mass is 10.2. The lowest BCUT2D eigenvalue weighted by molar-refractivity contribution is 0.0171. The van der Waals surface area contributed by atoms with Crippen molar-refractivity contribution < 1.29 is 17.9 Å². The highest BCUT2D eigenvalue weighted by atomic mass is 127. The van der Waals surface area contributed by atoms with Crippen LogP contribution in [-0.2, 0) is 19.3 Å². The fraction of sp³-hybridized carbons (Fsp3) is 0.933. The summed E-state index contributed by atoms with van der Waals surface area (Å²) >= 11 is 0. The van der Waals surface area contributed by atoms with Gasteiger partial charge >= 0.3 is 0 Å². The molecule has 2 unspecified atom stereocenters. The average molecular weight is 475 g/mol. The summed E-state index contributed by atoms with van der Waals surface area (Å²) in [6.07, 6.45) is 3.98. The minimum absolute atomic E-state index is 0. The molecular formula is C15H30IN3O4S. The zero-order valence-electron chi connectivity index (χ0n) is 14.3. The van der Waals surface area contributed by atoms with Crippen LogP contribution >= 0.6 is 24.0 Å². The van der Waals surface area contributed by atoms with E-state index in [4.69, 9.17) is 9.47 Å². The van der Waals surface area contributed by atoms with Crippen molar-refractivity contribution in [2.75, 3.05) is 44.4 Å². The summed E-state index contributed by atoms with van der Waals surface area (Å²) in [6, 6.07) is -0.0337. The molecule has 2 aliphatic rings. The average Bonchev–Trinajstić information content (AvgIpc) is 3.12. The molecule has 2 rings (SSSR count). The van der Waals surface area contributed by atoms with Crippen LogP contribution in [0.2, 0.25) is 0 Å². The molecule has 0 spiro atoms. The van der Waals surface area contributed by atoms with Gasteiger partial charge in [-0.3, -0.25) is 4.99 Å². The molecular weight excluding hydrogens is 445 g/mol. The molecule has 7 nitrogen and oxygen atoms in total. The lowest BCUT2D eigenvalue weighted by Gasteiger charge is -2.15. The summed E-state index contributed by atoms with van der Waals surface area (Å²) in [7, 11) is -2.87. The van der Waals surface area contributed by atoms with Crippen molar-refractivity contribution in [1.82, 2.24) is 10.6 Å². The molecule has 0 radical (unpaired) electrons. The van der Waals surface area contributed by atoms with Crippen LogP contribution in [0.5, 0.6) is 0 Å². The van der Waals surface area contributed by atoms with Gasteiger partial charge in [0.15, 0.2) is 15.8 Å². The lowest BCUT2D eigenvalue weighted by Crippen LogP contribution is -2.44. The minimum Gasteiger partial charge on any atom is -0.379 e. The van der Waals surface area contributed by atoms with Gasteiger partial charge in [-0.25, -0.2) is 8.42 Å². The zero-order valence-corrected chi connectivity index (χ0v) is 17.5. The number of ether oxygens (including phenoxy) is 2. The van der Waals surface area contributed by atoms with E-state index in [2.05, 4.69) is 15.6 Å². The predicted octanol–water partition coefficient (Wildman–Crippen LogP) is 0.932. The standard InChI is InChI=1S/C15H29N3O4S.HI/c1-2-16-15(18-13-6-10-23(19,20)12-13)17-7-4-8-21-11-14-5-3-9-22-14;/h13-14H,2-12H2,1H3,(H2,16,17,18);1H. The van der Waals surface area contributed by atoms with Crippen LogP contribution in [0.4, 0.5) is 0 Å². The molecule has 0 aromatic heterocycles. The third kappa shape index (κ3) is 8.30. The number of aliphatic imine (C=N–C) groups is 1. The minimum atomic E-state index is -2.87. The molecule has 2 saturated heterocycles. The first kappa shape index (κ1) is 21.9. The Labute approximate surface area is 162 Å². The normalized spacial score (nSPS) is 26.1. The molecule has 0 aliphatic carbocycles. The molecule has 2 fully saturated rings. The van der Waals surface area contributed by atoms with E-state index in [-0.39, 0.29) is 47.6 Å². The molecule has 2 aliphatic heterocycles. The van der Waals surface area contributed by atoms with Crippen molar-refractivity contribution in [3.8, 4) is 0 Å². The molecule has 0 aromatic rings. The number of hydrogen-bond acceptors (Lipinski definition) is 5. The Morgan fingerprint density at radius 3 is 2.83 bits per heavy atom. The van der Waals surface area contributed by atoms with E-state index >= 15 is 0 Å². The van der Waals surface area contributed by atoms with Crippen molar-refractivity contribution in [2.24, 2.45) is 4.99 Å². The number of nitrogens with one attached hydrogen (secondary N) is 2. The van der Waals surface area contributed by atoms with E-state index in [9.17, 15) is 8.42 Å². The van der Waals surface area contributed by atoms with E-state index in [1.807, 2.05) is 6.92 Å². The first-order valence-electron chi connectivity index (χ1n) is 8.53. The van der Waals surface area contributed by atoms with Gasteiger partial charge in [0.2, 0.25) is 0 Å². The van der Waals surface area contributed by atoms with E-state index in [1.54, 1.807) is 0 Å². The molecule has 142 valence electrons. The summed E-state index contributed by atoms with van der Waals surface area (Å²) in [6.45, 7) is 5.59. The van der Waals surface area contributed by atoms with Crippen LogP contribution in [0, 0.1) is 0 Å². The van der Waals surface area contributed by atoms with Crippen LogP contribution in [0.25, 0.3) is 0 Å². The second-order valence-electron chi connectivity index (χ2n) is 6.07. The molecule has 9 heteroatoms. The zero-order chi connectivity index (χ0) is 16.5. The molecule has 0 saturated carbocycles. The van der Waals surface area contributed by atoms with Crippen molar-refractivity contribution >= 4 is 39.8 Å². The van der Waals surface area contributed by atoms with E-state index in [0.717, 1.165) is 32.4 Å². The number of nitrogens with zero attached hydrogens (tertiary/aromatic N) is 1. The van der Waals surface area contributed by atoms with Crippen molar-refractivity contribution in [1.29, 1.82) is 0 Å². The first-order chi connectivity index (χ1) is 11.1. The maximum Gasteiger partial charge on any atom is 0.191 e. The monoisotopic (exact) mass is 475 g/mol. The summed E-state index contributed by atoms with van der Waals surface area (Å²) < 4.78 is 34.1. The molecule has 2 heterocycles. The Morgan fingerprint density at radius 2 is 2.21 bits per heavy atom. The topological polar surface area (TPSA) is 89.0 Å². The SMILES string of the molecule is CCNC(=NCCCOCC1CCCO1)NC1CCS(=O)(=O)C1.I. The Hall–Kier alpha value is -0.130. The molecule has 2 atom stereocenters.